The van der Waals surface area contributed by atoms with Gasteiger partial charge in [-0.15, -0.1) is 0 Å². The van der Waals surface area contributed by atoms with Gasteiger partial charge in [-0.25, -0.2) is 4.39 Å². The zero-order chi connectivity index (χ0) is 25.6. The first-order valence-electron chi connectivity index (χ1n) is 12.3. The Bertz CT molecular complexity index is 1060. The molecule has 3 rings (SSSR count). The zero-order valence-electron chi connectivity index (χ0n) is 20.6. The van der Waals surface area contributed by atoms with E-state index in [1.807, 2.05) is 6.92 Å². The maximum absolute atomic E-state index is 14.9. The average Bonchev–Trinajstić information content (AvgIpc) is 3.44. The van der Waals surface area contributed by atoms with Crippen LogP contribution in [0.3, 0.4) is 0 Å². The first-order chi connectivity index (χ1) is 16.7. The molecule has 0 N–H and O–H groups in total. The van der Waals surface area contributed by atoms with Gasteiger partial charge in [0.25, 0.3) is 0 Å². The van der Waals surface area contributed by atoms with Gasteiger partial charge in [-0.3, -0.25) is 9.67 Å². The molecule has 0 aromatic carbocycles. The molecule has 1 aliphatic heterocycles. The van der Waals surface area contributed by atoms with Gasteiger partial charge in [0, 0.05) is 28.3 Å². The molecule has 3 nitrogen and oxygen atoms in total. The maximum Gasteiger partial charge on any atom is 0.317 e. The van der Waals surface area contributed by atoms with Gasteiger partial charge in [-0.05, 0) is 48.8 Å². The first kappa shape index (κ1) is 27.3. The summed E-state index contributed by atoms with van der Waals surface area (Å²) >= 11 is 6.37. The van der Waals surface area contributed by atoms with Crippen LogP contribution in [0.5, 0.6) is 0 Å². The number of halogens is 4. The first-order valence-corrected chi connectivity index (χ1v) is 12.7. The Kier molecular flexibility index (Phi) is 9.40. The maximum atomic E-state index is 14.9. The van der Waals surface area contributed by atoms with Crippen molar-refractivity contribution in [3.05, 3.63) is 76.7 Å². The Morgan fingerprint density at radius 3 is 2.60 bits per heavy atom. The summed E-state index contributed by atoms with van der Waals surface area (Å²) in [5.41, 5.74) is 3.67. The number of hydrogen-bond acceptors (Lipinski definition) is 2. The zero-order valence-corrected chi connectivity index (χ0v) is 21.3. The molecule has 0 radical (unpaired) electrons. The standard InChI is InChI=1S/C28H35ClF3N3/c1-5-10-19(3)25-22(15-33-26(25)20(4)24(29)11-6-2)14-23-16-34-35(27(23)28(31,32)18-30)17-21-12-8-7-9-13-21/h6,11,16,21H,2-5,7-10,12-15,17-18H2,1H3/b24-11+. The van der Waals surface area contributed by atoms with Gasteiger partial charge in [-0.2, -0.15) is 13.9 Å². The molecule has 2 heterocycles. The SMILES string of the molecule is C=C/C=C(/Cl)C(=C)C1=NCC(Cc2cnn(CC3CCCCC3)c2C(F)(F)CF)=C1C(=C)CCC. The lowest BCUT2D eigenvalue weighted by molar-refractivity contribution is -0.0377. The van der Waals surface area contributed by atoms with E-state index < -0.39 is 12.6 Å². The largest absolute Gasteiger partial charge is 0.317 e. The molecular formula is C28H35ClF3N3. The molecule has 1 aliphatic carbocycles. The van der Waals surface area contributed by atoms with Crippen LogP contribution in [0.25, 0.3) is 0 Å². The minimum absolute atomic E-state index is 0.191. The minimum atomic E-state index is -3.61. The van der Waals surface area contributed by atoms with Crippen LogP contribution in [0.15, 0.2) is 70.4 Å². The topological polar surface area (TPSA) is 30.2 Å². The van der Waals surface area contributed by atoms with Gasteiger partial charge in [0.05, 0.1) is 18.5 Å². The van der Waals surface area contributed by atoms with E-state index in [-0.39, 0.29) is 18.0 Å². The molecule has 1 aromatic rings. The lowest BCUT2D eigenvalue weighted by Crippen LogP contribution is -2.26. The van der Waals surface area contributed by atoms with Gasteiger partial charge in [0.1, 0.15) is 5.69 Å². The van der Waals surface area contributed by atoms with Crippen LogP contribution < -0.4 is 0 Å². The summed E-state index contributed by atoms with van der Waals surface area (Å²) in [6.07, 6.45) is 11.8. The van der Waals surface area contributed by atoms with E-state index in [4.69, 9.17) is 11.6 Å². The van der Waals surface area contributed by atoms with Crippen molar-refractivity contribution in [2.75, 3.05) is 13.2 Å². The fourth-order valence-electron chi connectivity index (χ4n) is 5.08. The second kappa shape index (κ2) is 12.1. The lowest BCUT2D eigenvalue weighted by atomic mass is 9.88. The number of aliphatic imine (C=N–C) groups is 1. The number of nitrogens with zero attached hydrogens (tertiary/aromatic N) is 3. The third kappa shape index (κ3) is 6.27. The molecule has 7 heteroatoms. The summed E-state index contributed by atoms with van der Waals surface area (Å²) in [5.74, 6) is -3.32. The van der Waals surface area contributed by atoms with E-state index in [2.05, 4.69) is 29.8 Å². The second-order valence-electron chi connectivity index (χ2n) is 9.45. The van der Waals surface area contributed by atoms with Crippen molar-refractivity contribution in [2.24, 2.45) is 10.9 Å². The van der Waals surface area contributed by atoms with Gasteiger partial charge in [-0.1, -0.05) is 70.0 Å². The predicted octanol–water partition coefficient (Wildman–Crippen LogP) is 8.04. The summed E-state index contributed by atoms with van der Waals surface area (Å²) in [6, 6.07) is 0. The Hall–Kier alpha value is -2.34. The molecule has 2 aliphatic rings. The molecule has 0 saturated heterocycles. The van der Waals surface area contributed by atoms with Crippen LogP contribution in [-0.4, -0.2) is 28.7 Å². The Balaban J connectivity index is 1.99. The van der Waals surface area contributed by atoms with Crippen molar-refractivity contribution < 1.29 is 13.2 Å². The van der Waals surface area contributed by atoms with Crippen LogP contribution in [0, 0.1) is 5.92 Å². The van der Waals surface area contributed by atoms with Crippen LogP contribution in [0.1, 0.15) is 63.1 Å². The molecule has 1 fully saturated rings. The predicted molar refractivity (Wildman–Crippen MR) is 139 cm³/mol. The summed E-state index contributed by atoms with van der Waals surface area (Å²) in [6.45, 7) is 13.0. The summed E-state index contributed by atoms with van der Waals surface area (Å²) in [7, 11) is 0. The molecule has 0 atom stereocenters. The average molecular weight is 506 g/mol. The Morgan fingerprint density at radius 2 is 1.97 bits per heavy atom. The number of aromatic nitrogens is 2. The van der Waals surface area contributed by atoms with Crippen molar-refractivity contribution in [1.29, 1.82) is 0 Å². The third-order valence-corrected chi connectivity index (χ3v) is 7.11. The van der Waals surface area contributed by atoms with E-state index in [0.717, 1.165) is 55.2 Å². The van der Waals surface area contributed by atoms with E-state index >= 15 is 0 Å². The van der Waals surface area contributed by atoms with E-state index in [1.54, 1.807) is 12.2 Å². The van der Waals surface area contributed by atoms with Crippen molar-refractivity contribution in [3.8, 4) is 0 Å². The number of hydrogen-bond donors (Lipinski definition) is 0. The highest BCUT2D eigenvalue weighted by atomic mass is 35.5. The van der Waals surface area contributed by atoms with Crippen molar-refractivity contribution >= 4 is 17.3 Å². The van der Waals surface area contributed by atoms with Gasteiger partial charge in [0.15, 0.2) is 6.67 Å². The Morgan fingerprint density at radius 1 is 1.26 bits per heavy atom. The lowest BCUT2D eigenvalue weighted by Gasteiger charge is -2.24. The molecular weight excluding hydrogens is 471 g/mol. The number of rotatable bonds is 12. The minimum Gasteiger partial charge on any atom is -0.280 e. The van der Waals surface area contributed by atoms with E-state index in [1.165, 1.54) is 17.3 Å². The van der Waals surface area contributed by atoms with Gasteiger partial charge < -0.3 is 0 Å². The fraction of sp³-hybridized carbons (Fsp3) is 0.500. The molecule has 0 unspecified atom stereocenters. The monoisotopic (exact) mass is 505 g/mol. The highest BCUT2D eigenvalue weighted by Crippen LogP contribution is 2.37. The normalized spacial score (nSPS) is 17.6. The molecule has 35 heavy (non-hydrogen) atoms. The van der Waals surface area contributed by atoms with Crippen LogP contribution in [-0.2, 0) is 18.9 Å². The molecule has 1 aromatic heterocycles. The molecule has 0 bridgehead atoms. The highest BCUT2D eigenvalue weighted by Gasteiger charge is 2.39. The van der Waals surface area contributed by atoms with Crippen molar-refractivity contribution in [1.82, 2.24) is 9.78 Å². The van der Waals surface area contributed by atoms with Crippen LogP contribution >= 0.6 is 11.6 Å². The highest BCUT2D eigenvalue weighted by molar-refractivity contribution is 6.38. The smallest absolute Gasteiger partial charge is 0.280 e. The van der Waals surface area contributed by atoms with Gasteiger partial charge >= 0.3 is 5.92 Å². The Labute approximate surface area is 211 Å². The number of alkyl halides is 3. The van der Waals surface area contributed by atoms with Crippen molar-refractivity contribution in [3.63, 3.8) is 0 Å². The molecule has 0 amide bonds. The quantitative estimate of drug-likeness (QED) is 0.264. The van der Waals surface area contributed by atoms with Crippen LogP contribution in [0.4, 0.5) is 13.2 Å². The third-order valence-electron chi connectivity index (χ3n) is 6.75. The van der Waals surface area contributed by atoms with Crippen LogP contribution in [0.2, 0.25) is 0 Å². The summed E-state index contributed by atoms with van der Waals surface area (Å²) in [5, 5.41) is 4.72. The number of allylic oxidation sites excluding steroid dienone is 6. The summed E-state index contributed by atoms with van der Waals surface area (Å²) < 4.78 is 44.7. The van der Waals surface area contributed by atoms with Crippen molar-refractivity contribution in [2.45, 2.75) is 70.8 Å². The molecule has 0 spiro atoms. The molecule has 190 valence electrons. The summed E-state index contributed by atoms with van der Waals surface area (Å²) in [4.78, 5) is 4.65. The fourth-order valence-corrected chi connectivity index (χ4v) is 5.25. The van der Waals surface area contributed by atoms with Gasteiger partial charge in [0.2, 0.25) is 0 Å². The second-order valence-corrected chi connectivity index (χ2v) is 9.85. The van der Waals surface area contributed by atoms with E-state index in [0.29, 0.717) is 35.0 Å². The van der Waals surface area contributed by atoms with E-state index in [9.17, 15) is 13.2 Å². The molecule has 1 saturated carbocycles.